The molecular weight excluding hydrogens is 268 g/mol. The Labute approximate surface area is 119 Å². The number of ether oxygens (including phenoxy) is 1. The third-order valence-corrected chi connectivity index (χ3v) is 3.23. The molecule has 0 atom stereocenters. The summed E-state index contributed by atoms with van der Waals surface area (Å²) in [4.78, 5) is 25.1. The van der Waals surface area contributed by atoms with Crippen LogP contribution in [0.4, 0.5) is 4.79 Å². The van der Waals surface area contributed by atoms with E-state index < -0.39 is 0 Å². The smallest absolute Gasteiger partial charge is 0.409 e. The summed E-state index contributed by atoms with van der Waals surface area (Å²) in [7, 11) is 0. The fourth-order valence-electron chi connectivity index (χ4n) is 1.83. The molecule has 1 saturated heterocycles. The van der Waals surface area contributed by atoms with Crippen LogP contribution in [0.3, 0.4) is 0 Å². The molecule has 1 rings (SSSR count). The summed E-state index contributed by atoms with van der Waals surface area (Å²) in [5.74, 6) is 0.361. The van der Waals surface area contributed by atoms with Gasteiger partial charge >= 0.3 is 6.09 Å². The first-order valence-electron chi connectivity index (χ1n) is 6.63. The van der Waals surface area contributed by atoms with E-state index in [0.29, 0.717) is 19.0 Å². The lowest BCUT2D eigenvalue weighted by Crippen LogP contribution is -2.49. The summed E-state index contributed by atoms with van der Waals surface area (Å²) in [6, 6.07) is 0.142. The number of halogens is 1. The molecule has 0 radical (unpaired) electrons. The van der Waals surface area contributed by atoms with Crippen molar-refractivity contribution >= 4 is 23.6 Å². The number of carbonyl (C=O) groups excluding carboxylic acids is 2. The van der Waals surface area contributed by atoms with Gasteiger partial charge in [0.1, 0.15) is 6.61 Å². The molecule has 0 aromatic carbocycles. The lowest BCUT2D eigenvalue weighted by molar-refractivity contribution is -0.129. The van der Waals surface area contributed by atoms with Crippen molar-refractivity contribution in [2.24, 2.45) is 5.41 Å². The molecule has 110 valence electrons. The molecule has 1 aliphatic heterocycles. The van der Waals surface area contributed by atoms with Gasteiger partial charge in [-0.3, -0.25) is 4.79 Å². The fraction of sp³-hybridized carbons (Fsp3) is 0.846. The maximum atomic E-state index is 11.9. The summed E-state index contributed by atoms with van der Waals surface area (Å²) >= 11 is 5.46. The molecule has 0 aliphatic carbocycles. The lowest BCUT2D eigenvalue weighted by atomic mass is 9.94. The monoisotopic (exact) mass is 290 g/mol. The first-order chi connectivity index (χ1) is 8.84. The van der Waals surface area contributed by atoms with E-state index >= 15 is 0 Å². The van der Waals surface area contributed by atoms with Crippen molar-refractivity contribution < 1.29 is 14.3 Å². The third kappa shape index (κ3) is 5.27. The Morgan fingerprint density at radius 1 is 1.32 bits per heavy atom. The van der Waals surface area contributed by atoms with Gasteiger partial charge in [0.05, 0.1) is 5.88 Å². The Hall–Kier alpha value is -0.970. The van der Waals surface area contributed by atoms with Gasteiger partial charge in [0.25, 0.3) is 0 Å². The SMILES string of the molecule is CC(C)(C)C(=O)NC1CCN(C(=O)OCCCl)CC1. The molecule has 2 amide bonds. The number of likely N-dealkylation sites (tertiary alicyclic amines) is 1. The van der Waals surface area contributed by atoms with Gasteiger partial charge in [-0.2, -0.15) is 0 Å². The summed E-state index contributed by atoms with van der Waals surface area (Å²) < 4.78 is 4.97. The van der Waals surface area contributed by atoms with Gasteiger partial charge in [-0.1, -0.05) is 20.8 Å². The highest BCUT2D eigenvalue weighted by Crippen LogP contribution is 2.16. The molecule has 1 fully saturated rings. The number of carbonyl (C=O) groups is 2. The van der Waals surface area contributed by atoms with Gasteiger partial charge in [0.2, 0.25) is 5.91 Å². The topological polar surface area (TPSA) is 58.6 Å². The summed E-state index contributed by atoms with van der Waals surface area (Å²) in [5.41, 5.74) is -0.379. The minimum Gasteiger partial charge on any atom is -0.448 e. The first kappa shape index (κ1) is 16.1. The Morgan fingerprint density at radius 2 is 1.89 bits per heavy atom. The zero-order chi connectivity index (χ0) is 14.5. The average Bonchev–Trinajstić information content (AvgIpc) is 2.35. The van der Waals surface area contributed by atoms with E-state index in [1.807, 2.05) is 20.8 Å². The molecule has 0 aromatic rings. The highest BCUT2D eigenvalue weighted by atomic mass is 35.5. The van der Waals surface area contributed by atoms with E-state index in [0.717, 1.165) is 12.8 Å². The molecular formula is C13H23ClN2O3. The van der Waals surface area contributed by atoms with Gasteiger partial charge < -0.3 is 15.0 Å². The van der Waals surface area contributed by atoms with Crippen molar-refractivity contribution in [2.45, 2.75) is 39.7 Å². The molecule has 0 bridgehead atoms. The summed E-state index contributed by atoms with van der Waals surface area (Å²) in [6.45, 7) is 7.12. The minimum atomic E-state index is -0.379. The van der Waals surface area contributed by atoms with Crippen LogP contribution in [0.25, 0.3) is 0 Å². The zero-order valence-electron chi connectivity index (χ0n) is 11.9. The van der Waals surface area contributed by atoms with Crippen LogP contribution < -0.4 is 5.32 Å². The molecule has 0 spiro atoms. The number of amides is 2. The van der Waals surface area contributed by atoms with Crippen LogP contribution in [0.5, 0.6) is 0 Å². The standard InChI is InChI=1S/C13H23ClN2O3/c1-13(2,3)11(17)15-10-4-7-16(8-5-10)12(18)19-9-6-14/h10H,4-9H2,1-3H3,(H,15,17). The van der Waals surface area contributed by atoms with Crippen LogP contribution in [0, 0.1) is 5.41 Å². The molecule has 0 aromatic heterocycles. The van der Waals surface area contributed by atoms with Crippen molar-refractivity contribution in [3.05, 3.63) is 0 Å². The molecule has 1 heterocycles. The van der Waals surface area contributed by atoms with Gasteiger partial charge in [-0.15, -0.1) is 11.6 Å². The van der Waals surface area contributed by atoms with Crippen LogP contribution >= 0.6 is 11.6 Å². The van der Waals surface area contributed by atoms with Gasteiger partial charge in [-0.25, -0.2) is 4.79 Å². The van der Waals surface area contributed by atoms with Crippen molar-refractivity contribution in [1.82, 2.24) is 10.2 Å². The van der Waals surface area contributed by atoms with Crippen LogP contribution in [0.15, 0.2) is 0 Å². The normalized spacial score (nSPS) is 17.2. The van der Waals surface area contributed by atoms with Crippen molar-refractivity contribution in [1.29, 1.82) is 0 Å². The molecule has 0 unspecified atom stereocenters. The Kier molecular flexibility index (Phi) is 5.91. The molecule has 5 nitrogen and oxygen atoms in total. The number of nitrogens with one attached hydrogen (secondary N) is 1. The fourth-order valence-corrected chi connectivity index (χ4v) is 1.90. The van der Waals surface area contributed by atoms with Gasteiger partial charge in [0, 0.05) is 24.5 Å². The number of hydrogen-bond donors (Lipinski definition) is 1. The van der Waals surface area contributed by atoms with E-state index in [-0.39, 0.29) is 30.1 Å². The second-order valence-electron chi connectivity index (χ2n) is 5.79. The lowest BCUT2D eigenvalue weighted by Gasteiger charge is -2.33. The number of hydrogen-bond acceptors (Lipinski definition) is 3. The number of nitrogens with zero attached hydrogens (tertiary/aromatic N) is 1. The van der Waals surface area contributed by atoms with Crippen LogP contribution in [0.1, 0.15) is 33.6 Å². The van der Waals surface area contributed by atoms with Gasteiger partial charge in [-0.05, 0) is 12.8 Å². The molecule has 19 heavy (non-hydrogen) atoms. The predicted octanol–water partition coefficient (Wildman–Crippen LogP) is 1.99. The number of piperidine rings is 1. The predicted molar refractivity (Wildman–Crippen MR) is 74.3 cm³/mol. The average molecular weight is 291 g/mol. The van der Waals surface area contributed by atoms with E-state index in [1.165, 1.54) is 0 Å². The summed E-state index contributed by atoms with van der Waals surface area (Å²) in [6.07, 6.45) is 1.21. The molecule has 6 heteroatoms. The molecule has 0 saturated carbocycles. The van der Waals surface area contributed by atoms with E-state index in [1.54, 1.807) is 4.90 Å². The number of rotatable bonds is 3. The molecule has 1 aliphatic rings. The Balaban J connectivity index is 2.33. The van der Waals surface area contributed by atoms with E-state index in [2.05, 4.69) is 5.32 Å². The zero-order valence-corrected chi connectivity index (χ0v) is 12.6. The summed E-state index contributed by atoms with van der Waals surface area (Å²) in [5, 5.41) is 3.02. The second-order valence-corrected chi connectivity index (χ2v) is 6.17. The van der Waals surface area contributed by atoms with Crippen molar-refractivity contribution in [3.63, 3.8) is 0 Å². The number of alkyl halides is 1. The largest absolute Gasteiger partial charge is 0.448 e. The van der Waals surface area contributed by atoms with Crippen molar-refractivity contribution in [3.8, 4) is 0 Å². The minimum absolute atomic E-state index is 0.0515. The third-order valence-electron chi connectivity index (χ3n) is 3.07. The van der Waals surface area contributed by atoms with Crippen LogP contribution in [0.2, 0.25) is 0 Å². The Bertz CT molecular complexity index is 320. The quantitative estimate of drug-likeness (QED) is 0.809. The van der Waals surface area contributed by atoms with Crippen LogP contribution in [-0.2, 0) is 9.53 Å². The highest BCUT2D eigenvalue weighted by molar-refractivity contribution is 6.18. The maximum Gasteiger partial charge on any atom is 0.409 e. The first-order valence-corrected chi connectivity index (χ1v) is 7.16. The van der Waals surface area contributed by atoms with E-state index in [9.17, 15) is 9.59 Å². The highest BCUT2D eigenvalue weighted by Gasteiger charge is 2.28. The second kappa shape index (κ2) is 6.98. The molecule has 1 N–H and O–H groups in total. The van der Waals surface area contributed by atoms with E-state index in [4.69, 9.17) is 16.3 Å². The van der Waals surface area contributed by atoms with Crippen LogP contribution in [-0.4, -0.2) is 48.5 Å². The Morgan fingerprint density at radius 3 is 2.37 bits per heavy atom. The maximum absolute atomic E-state index is 11.9. The van der Waals surface area contributed by atoms with Gasteiger partial charge in [0.15, 0.2) is 0 Å². The van der Waals surface area contributed by atoms with Crippen molar-refractivity contribution in [2.75, 3.05) is 25.6 Å².